The van der Waals surface area contributed by atoms with Crippen molar-refractivity contribution in [1.29, 1.82) is 0 Å². The van der Waals surface area contributed by atoms with Gasteiger partial charge in [0, 0.05) is 12.1 Å². The lowest BCUT2D eigenvalue weighted by Crippen LogP contribution is -2.59. The highest BCUT2D eigenvalue weighted by Crippen LogP contribution is 2.46. The maximum Gasteiger partial charge on any atom is 0.426 e. The van der Waals surface area contributed by atoms with Gasteiger partial charge in [-0.15, -0.1) is 0 Å². The van der Waals surface area contributed by atoms with E-state index in [1.165, 1.54) is 12.1 Å². The number of carbonyl (C=O) groups is 2. The van der Waals surface area contributed by atoms with Crippen LogP contribution in [-0.2, 0) is 11.0 Å². The summed E-state index contributed by atoms with van der Waals surface area (Å²) in [5.74, 6) is -3.65. The number of aliphatic hydroxyl groups is 1. The van der Waals surface area contributed by atoms with Gasteiger partial charge in [-0.1, -0.05) is 0 Å². The van der Waals surface area contributed by atoms with Crippen LogP contribution in [0.15, 0.2) is 30.6 Å². The quantitative estimate of drug-likeness (QED) is 0.349. The molecule has 0 spiro atoms. The number of halogens is 10. The molecule has 2 aromatic heterocycles. The molecule has 20 heteroatoms. The first-order valence-corrected chi connectivity index (χ1v) is 12.2. The Morgan fingerprint density at radius 3 is 2.27 bits per heavy atom. The first-order valence-electron chi connectivity index (χ1n) is 12.2. The number of carbonyl (C=O) groups excluding carboxylic acids is 2. The zero-order valence-corrected chi connectivity index (χ0v) is 22.0. The molecule has 0 unspecified atom stereocenters. The Bertz CT molecular complexity index is 1570. The van der Waals surface area contributed by atoms with Crippen molar-refractivity contribution in [3.63, 3.8) is 0 Å². The fourth-order valence-electron chi connectivity index (χ4n) is 4.58. The second-order valence-electron chi connectivity index (χ2n) is 9.69. The number of likely N-dealkylation sites (tertiary alicyclic amines) is 1. The number of ether oxygens (including phenoxy) is 1. The minimum Gasteiger partial charge on any atom is -0.496 e. The van der Waals surface area contributed by atoms with Crippen LogP contribution < -0.4 is 15.8 Å². The normalized spacial score (nSPS) is 18.1. The molecule has 0 radical (unpaired) electrons. The number of alkyl halides is 10. The van der Waals surface area contributed by atoms with Crippen molar-refractivity contribution in [3.05, 3.63) is 41.7 Å². The largest absolute Gasteiger partial charge is 0.496 e. The smallest absolute Gasteiger partial charge is 0.426 e. The molecule has 0 bridgehead atoms. The molecule has 0 aliphatic carbocycles. The van der Waals surface area contributed by atoms with E-state index in [1.807, 2.05) is 0 Å². The van der Waals surface area contributed by atoms with E-state index >= 15 is 0 Å². The lowest BCUT2D eigenvalue weighted by Gasteiger charge is -2.32. The first-order chi connectivity index (χ1) is 20.2. The van der Waals surface area contributed by atoms with E-state index in [4.69, 9.17) is 10.5 Å². The van der Waals surface area contributed by atoms with Crippen LogP contribution in [0.1, 0.15) is 22.3 Å². The van der Waals surface area contributed by atoms with Crippen molar-refractivity contribution in [2.24, 2.45) is 0 Å². The van der Waals surface area contributed by atoms with Crippen LogP contribution in [0.25, 0.3) is 16.8 Å². The van der Waals surface area contributed by atoms with Crippen LogP contribution in [0.5, 0.6) is 5.75 Å². The van der Waals surface area contributed by atoms with Gasteiger partial charge in [0.25, 0.3) is 11.5 Å². The molecule has 44 heavy (non-hydrogen) atoms. The van der Waals surface area contributed by atoms with Crippen LogP contribution >= 0.6 is 0 Å². The van der Waals surface area contributed by atoms with Crippen molar-refractivity contribution < 1.29 is 63.3 Å². The van der Waals surface area contributed by atoms with Crippen molar-refractivity contribution in [1.82, 2.24) is 24.8 Å². The minimum absolute atomic E-state index is 0.0295. The second kappa shape index (κ2) is 11.0. The molecule has 1 aliphatic heterocycles. The summed E-state index contributed by atoms with van der Waals surface area (Å²) in [5.41, 5.74) is -2.11. The average Bonchev–Trinajstić information content (AvgIpc) is 3.48. The molecule has 0 saturated carbocycles. The molecule has 1 fully saturated rings. The highest BCUT2D eigenvalue weighted by molar-refractivity contribution is 5.98. The fraction of sp³-hybridized carbons (Fsp3) is 0.417. The number of nitrogens with zero attached hydrogens (tertiary/aromatic N) is 4. The Hall–Kier alpha value is -4.36. The van der Waals surface area contributed by atoms with E-state index in [9.17, 15) is 58.6 Å². The molecular formula is C24H20F10N6O4. The molecule has 3 aromatic rings. The Labute approximate surface area is 239 Å². The third-order valence-electron chi connectivity index (χ3n) is 6.89. The first kappa shape index (κ1) is 32.6. The van der Waals surface area contributed by atoms with Crippen molar-refractivity contribution in [3.8, 4) is 17.0 Å². The summed E-state index contributed by atoms with van der Waals surface area (Å²) in [4.78, 5) is 29.2. The van der Waals surface area contributed by atoms with Gasteiger partial charge in [0.1, 0.15) is 23.8 Å². The summed E-state index contributed by atoms with van der Waals surface area (Å²) in [5, 5.41) is 15.2. The summed E-state index contributed by atoms with van der Waals surface area (Å²) in [6.07, 6.45) is -21.2. The van der Waals surface area contributed by atoms with Gasteiger partial charge in [-0.3, -0.25) is 9.59 Å². The second-order valence-corrected chi connectivity index (χ2v) is 9.69. The molecule has 4 N–H and O–H groups in total. The number of nitrogens with one attached hydrogen (secondary N) is 1. The molecule has 2 amide bonds. The molecule has 1 saturated heterocycles. The molecule has 1 aromatic carbocycles. The van der Waals surface area contributed by atoms with Gasteiger partial charge in [0.15, 0.2) is 5.82 Å². The Balaban J connectivity index is 1.60. The van der Waals surface area contributed by atoms with Crippen molar-refractivity contribution >= 4 is 23.1 Å². The van der Waals surface area contributed by atoms with Gasteiger partial charge in [0.05, 0.1) is 42.9 Å². The van der Waals surface area contributed by atoms with E-state index in [-0.39, 0.29) is 27.5 Å². The summed E-state index contributed by atoms with van der Waals surface area (Å²) < 4.78 is 140. The minimum atomic E-state index is -6.28. The molecule has 3 heterocycles. The third-order valence-corrected chi connectivity index (χ3v) is 6.89. The predicted octanol–water partition coefficient (Wildman–Crippen LogP) is 3.53. The van der Waals surface area contributed by atoms with Crippen LogP contribution in [0, 0.1) is 0 Å². The van der Waals surface area contributed by atoms with Crippen LogP contribution in [0.3, 0.4) is 0 Å². The van der Waals surface area contributed by atoms with E-state index in [2.05, 4.69) is 15.4 Å². The summed E-state index contributed by atoms with van der Waals surface area (Å²) in [7, 11) is 1.13. The molecule has 4 rings (SSSR count). The third kappa shape index (κ3) is 5.76. The van der Waals surface area contributed by atoms with Crippen molar-refractivity contribution in [2.75, 3.05) is 25.9 Å². The maximum absolute atomic E-state index is 14.7. The zero-order chi connectivity index (χ0) is 33.0. The van der Waals surface area contributed by atoms with Gasteiger partial charge in [-0.05, 0) is 24.3 Å². The maximum atomic E-state index is 14.7. The number of methoxy groups -OCH3 is 1. The van der Waals surface area contributed by atoms with Crippen LogP contribution in [-0.4, -0.2) is 86.8 Å². The summed E-state index contributed by atoms with van der Waals surface area (Å²) in [6, 6.07) is 2.58. The van der Waals surface area contributed by atoms with Gasteiger partial charge in [-0.2, -0.15) is 44.6 Å². The number of nitrogen functional groups attached to an aromatic ring is 1. The van der Waals surface area contributed by atoms with E-state index in [0.717, 1.165) is 24.0 Å². The Morgan fingerprint density at radius 1 is 1.07 bits per heavy atom. The lowest BCUT2D eigenvalue weighted by molar-refractivity contribution is -0.367. The highest BCUT2D eigenvalue weighted by atomic mass is 19.4. The summed E-state index contributed by atoms with van der Waals surface area (Å²) >= 11 is 0. The Kier molecular flexibility index (Phi) is 8.12. The monoisotopic (exact) mass is 646 g/mol. The molecule has 1 aliphatic rings. The predicted molar refractivity (Wildman–Crippen MR) is 129 cm³/mol. The number of nitrogens with two attached hydrogens (primary N) is 1. The van der Waals surface area contributed by atoms with Crippen LogP contribution in [0.4, 0.5) is 49.7 Å². The SMILES string of the molecule is COc1ccc(-c2cc(C(F)(F)F)c3c(N)ncnn23)cc1C(=O)N[C@@H]1CN(C(=O)CC(O)(C(F)(F)F)C(F)(F)F)C[C@@H]1F. The fourth-order valence-corrected chi connectivity index (χ4v) is 4.58. The molecule has 10 nitrogen and oxygen atoms in total. The Morgan fingerprint density at radius 2 is 1.70 bits per heavy atom. The number of fused-ring (bicyclic) bond motifs is 1. The van der Waals surface area contributed by atoms with E-state index in [1.54, 1.807) is 0 Å². The molecular weight excluding hydrogens is 626 g/mol. The number of hydrogen-bond acceptors (Lipinski definition) is 7. The highest BCUT2D eigenvalue weighted by Gasteiger charge is 2.71. The van der Waals surface area contributed by atoms with E-state index in [0.29, 0.717) is 6.07 Å². The van der Waals surface area contributed by atoms with Crippen molar-refractivity contribution in [2.45, 2.75) is 42.8 Å². The number of aromatic nitrogens is 3. The number of rotatable bonds is 6. The number of benzene rings is 1. The van der Waals surface area contributed by atoms with Gasteiger partial charge < -0.3 is 25.8 Å². The zero-order valence-electron chi connectivity index (χ0n) is 22.0. The molecule has 2 atom stereocenters. The standard InChI is InChI=1S/C24H20F10N6O4/c1-44-16-3-2-10(15-5-12(22(26,27)28)18-19(35)36-9-37-40(15)18)4-11(16)20(42)38-14-8-39(7-13(14)25)17(41)6-21(43,23(29,30)31)24(32,33)34/h2-5,9,13-14,43H,6-8H2,1H3,(H,38,42)(H2,35,36,37)/t13-,14+/m0/s1. The molecule has 240 valence electrons. The lowest BCUT2D eigenvalue weighted by atomic mass is 9.97. The topological polar surface area (TPSA) is 135 Å². The van der Waals surface area contributed by atoms with Crippen LogP contribution in [0.2, 0.25) is 0 Å². The van der Waals surface area contributed by atoms with Gasteiger partial charge >= 0.3 is 18.5 Å². The van der Waals surface area contributed by atoms with Gasteiger partial charge in [0.2, 0.25) is 5.91 Å². The average molecular weight is 646 g/mol. The summed E-state index contributed by atoms with van der Waals surface area (Å²) in [6.45, 7) is -1.88. The number of amides is 2. The number of hydrogen-bond donors (Lipinski definition) is 3. The number of anilines is 1. The van der Waals surface area contributed by atoms with Gasteiger partial charge in [-0.25, -0.2) is 13.9 Å². The van der Waals surface area contributed by atoms with E-state index < -0.39 is 84.6 Å².